The Bertz CT molecular complexity index is 1170. The molecule has 3 aliphatic carbocycles. The molecule has 2 saturated carbocycles. The van der Waals surface area contributed by atoms with Crippen molar-refractivity contribution in [1.82, 2.24) is 4.90 Å². The van der Waals surface area contributed by atoms with Crippen LogP contribution < -0.4 is 11.5 Å². The van der Waals surface area contributed by atoms with Gasteiger partial charge in [0.05, 0.1) is 17.6 Å². The summed E-state index contributed by atoms with van der Waals surface area (Å²) in [5, 5.41) is 33.7. The lowest BCUT2D eigenvalue weighted by molar-refractivity contribution is -0.190. The number of aliphatic hydroxyl groups is 2. The topological polar surface area (TPSA) is 184 Å². The van der Waals surface area contributed by atoms with Crippen molar-refractivity contribution in [2.24, 2.45) is 35.1 Å². The van der Waals surface area contributed by atoms with Crippen molar-refractivity contribution in [3.63, 3.8) is 0 Å². The van der Waals surface area contributed by atoms with Gasteiger partial charge in [-0.05, 0) is 55.5 Å². The number of benzene rings is 1. The van der Waals surface area contributed by atoms with Crippen LogP contribution in [0.2, 0.25) is 0 Å². The molecule has 0 saturated heterocycles. The maximum Gasteiger partial charge on any atom is 0.230 e. The molecule has 0 radical (unpaired) electrons. The van der Waals surface area contributed by atoms with Crippen molar-refractivity contribution in [1.29, 1.82) is 0 Å². The number of aromatic hydroxyl groups is 1. The van der Waals surface area contributed by atoms with Gasteiger partial charge in [-0.2, -0.15) is 0 Å². The van der Waals surface area contributed by atoms with Crippen molar-refractivity contribution in [2.75, 3.05) is 14.1 Å². The Kier molecular flexibility index (Phi) is 6.19. The fourth-order valence-electron chi connectivity index (χ4n) is 6.72. The molecule has 7 N–H and O–H groups in total. The maximum absolute atomic E-state index is 13.9. The fourth-order valence-corrected chi connectivity index (χ4v) is 6.72. The number of ketones is 3. The van der Waals surface area contributed by atoms with Crippen molar-refractivity contribution in [3.05, 3.63) is 28.3 Å². The Morgan fingerprint density at radius 1 is 1.19 bits per heavy atom. The first-order valence-electron chi connectivity index (χ1n) is 12.2. The number of hydrogen-bond donors (Lipinski definition) is 5. The third kappa shape index (κ3) is 3.46. The van der Waals surface area contributed by atoms with Crippen LogP contribution in [0.25, 0.3) is 0 Å². The number of likely N-dealkylation sites (N-methyl/N-ethyl adjacent to an activating group) is 1. The number of phenols is 1. The van der Waals surface area contributed by atoms with Crippen LogP contribution in [0.3, 0.4) is 0 Å². The van der Waals surface area contributed by atoms with Crippen LogP contribution in [-0.4, -0.2) is 75.3 Å². The molecule has 1 aromatic carbocycles. The monoisotopic (exact) mass is 501 g/mol. The summed E-state index contributed by atoms with van der Waals surface area (Å²) < 4.78 is 0. The number of phenolic OH excluding ortho intramolecular Hbond substituents is 1. The number of nitrogens with zero attached hydrogens (tertiary/aromatic N) is 1. The van der Waals surface area contributed by atoms with Crippen LogP contribution in [-0.2, 0) is 32.8 Å². The molecule has 0 bridgehead atoms. The van der Waals surface area contributed by atoms with Gasteiger partial charge in [0.25, 0.3) is 0 Å². The van der Waals surface area contributed by atoms with Gasteiger partial charge in [-0.3, -0.25) is 19.2 Å². The summed E-state index contributed by atoms with van der Waals surface area (Å²) >= 11 is 0. The number of nitrogens with two attached hydrogens (primary N) is 2. The second-order valence-corrected chi connectivity index (χ2v) is 11.7. The van der Waals surface area contributed by atoms with Crippen molar-refractivity contribution >= 4 is 23.3 Å². The summed E-state index contributed by atoms with van der Waals surface area (Å²) in [5.74, 6) is -9.07. The Morgan fingerprint density at radius 2 is 1.81 bits per heavy atom. The van der Waals surface area contributed by atoms with Gasteiger partial charge in [0, 0.05) is 24.1 Å². The van der Waals surface area contributed by atoms with Gasteiger partial charge in [0.2, 0.25) is 5.91 Å². The lowest BCUT2D eigenvalue weighted by atomic mass is 9.52. The summed E-state index contributed by atoms with van der Waals surface area (Å²) in [5.41, 5.74) is 9.97. The Hall–Kier alpha value is -2.66. The second kappa shape index (κ2) is 8.44. The zero-order chi connectivity index (χ0) is 27.1. The predicted molar refractivity (Wildman–Crippen MR) is 129 cm³/mol. The first kappa shape index (κ1) is 26.4. The van der Waals surface area contributed by atoms with Gasteiger partial charge in [0.1, 0.15) is 11.7 Å². The van der Waals surface area contributed by atoms with Crippen LogP contribution in [0, 0.1) is 23.7 Å². The third-order valence-corrected chi connectivity index (χ3v) is 8.41. The first-order valence-corrected chi connectivity index (χ1v) is 12.2. The van der Waals surface area contributed by atoms with Gasteiger partial charge in [-0.25, -0.2) is 0 Å². The molecule has 0 aliphatic heterocycles. The highest BCUT2D eigenvalue weighted by Gasteiger charge is 2.69. The van der Waals surface area contributed by atoms with Crippen molar-refractivity contribution in [3.8, 4) is 5.75 Å². The van der Waals surface area contributed by atoms with E-state index >= 15 is 0 Å². The SMILES string of the molecule is CN(C)[C@H]1C(O)C(C(N)=O)C(=O)[C@]2(O)C(=O)C3C(=O)c4c(O)c(C(C)(C)C)cc(CN)c4C[C@@H]3C[C@H]12. The summed E-state index contributed by atoms with van der Waals surface area (Å²) in [7, 11) is 3.22. The minimum Gasteiger partial charge on any atom is -0.507 e. The summed E-state index contributed by atoms with van der Waals surface area (Å²) in [6, 6.07) is 0.855. The van der Waals surface area contributed by atoms with Gasteiger partial charge in [-0.15, -0.1) is 0 Å². The number of fused-ring (bicyclic) bond motifs is 3. The molecule has 0 aromatic heterocycles. The van der Waals surface area contributed by atoms with E-state index in [-0.39, 0.29) is 30.7 Å². The van der Waals surface area contributed by atoms with Crippen LogP contribution in [0.15, 0.2) is 6.07 Å². The van der Waals surface area contributed by atoms with E-state index in [0.717, 1.165) is 0 Å². The van der Waals surface area contributed by atoms with E-state index in [0.29, 0.717) is 16.7 Å². The van der Waals surface area contributed by atoms with Gasteiger partial charge in [-0.1, -0.05) is 20.8 Å². The maximum atomic E-state index is 13.9. The third-order valence-electron chi connectivity index (χ3n) is 8.41. The second-order valence-electron chi connectivity index (χ2n) is 11.7. The summed E-state index contributed by atoms with van der Waals surface area (Å²) in [6.45, 7) is 5.75. The molecule has 36 heavy (non-hydrogen) atoms. The lowest BCUT2D eigenvalue weighted by Gasteiger charge is -2.55. The Morgan fingerprint density at radius 3 is 2.31 bits per heavy atom. The molecule has 0 spiro atoms. The summed E-state index contributed by atoms with van der Waals surface area (Å²) in [4.78, 5) is 54.8. The highest BCUT2D eigenvalue weighted by molar-refractivity contribution is 6.25. The molecule has 10 nitrogen and oxygen atoms in total. The van der Waals surface area contributed by atoms with E-state index in [1.54, 1.807) is 25.1 Å². The van der Waals surface area contributed by atoms with E-state index in [2.05, 4.69) is 0 Å². The summed E-state index contributed by atoms with van der Waals surface area (Å²) in [6.07, 6.45) is -1.22. The molecule has 2 fully saturated rings. The van der Waals surface area contributed by atoms with Crippen LogP contribution >= 0.6 is 0 Å². The number of primary amides is 1. The smallest absolute Gasteiger partial charge is 0.230 e. The molecule has 1 aromatic rings. The lowest BCUT2D eigenvalue weighted by Crippen LogP contribution is -2.75. The van der Waals surface area contributed by atoms with E-state index in [4.69, 9.17) is 11.5 Å². The van der Waals surface area contributed by atoms with Gasteiger partial charge < -0.3 is 31.7 Å². The van der Waals surface area contributed by atoms with E-state index < -0.39 is 70.1 Å². The quantitative estimate of drug-likeness (QED) is 0.338. The number of Topliss-reactive ketones (excluding diaryl/α,β-unsaturated/α-hetero) is 3. The zero-order valence-electron chi connectivity index (χ0n) is 21.2. The normalized spacial score (nSPS) is 34.3. The first-order chi connectivity index (χ1) is 16.6. The molecule has 1 amide bonds. The minimum absolute atomic E-state index is 0.00145. The largest absolute Gasteiger partial charge is 0.507 e. The minimum atomic E-state index is -2.67. The number of carbonyl (C=O) groups is 4. The van der Waals surface area contributed by atoms with E-state index in [9.17, 15) is 34.5 Å². The average molecular weight is 502 g/mol. The zero-order valence-corrected chi connectivity index (χ0v) is 21.2. The number of aliphatic hydroxyl groups excluding tert-OH is 1. The van der Waals surface area contributed by atoms with Crippen LogP contribution in [0.5, 0.6) is 5.75 Å². The molecular weight excluding hydrogens is 466 g/mol. The fraction of sp³-hybridized carbons (Fsp3) is 0.615. The Labute approximate surface area is 209 Å². The highest BCUT2D eigenvalue weighted by Crippen LogP contribution is 2.52. The molecule has 0 heterocycles. The molecule has 3 aliphatic rings. The van der Waals surface area contributed by atoms with E-state index in [1.807, 2.05) is 20.8 Å². The predicted octanol–water partition coefficient (Wildman–Crippen LogP) is -0.585. The number of hydrogen-bond acceptors (Lipinski definition) is 9. The molecule has 196 valence electrons. The van der Waals surface area contributed by atoms with Crippen molar-refractivity contribution in [2.45, 2.75) is 63.3 Å². The number of rotatable bonds is 3. The van der Waals surface area contributed by atoms with E-state index in [1.165, 1.54) is 0 Å². The van der Waals surface area contributed by atoms with Crippen LogP contribution in [0.4, 0.5) is 0 Å². The number of carbonyl (C=O) groups excluding carboxylic acids is 4. The average Bonchev–Trinajstić information content (AvgIpc) is 2.75. The highest BCUT2D eigenvalue weighted by atomic mass is 16.3. The van der Waals surface area contributed by atoms with Gasteiger partial charge in [0.15, 0.2) is 23.0 Å². The molecule has 10 heteroatoms. The molecular formula is C26H35N3O7. The standard InChI is InChI=1S/C26H35N3O7/c1-25(2,3)14-8-11(9-27)12-6-10-7-13-18(29(4)5)21(32)17(24(28)35)23(34)26(13,36)22(33)15(10)20(31)16(12)19(14)30/h8,10,13,15,17-18,21,30,32,36H,6-7,9,27H2,1-5H3,(H2,28,35)/t10-,13-,15?,17?,18-,21?,26-/m1/s1. The molecule has 3 unspecified atom stereocenters. The van der Waals surface area contributed by atoms with Crippen LogP contribution in [0.1, 0.15) is 54.2 Å². The Balaban J connectivity index is 1.91. The molecule has 4 rings (SSSR count). The molecule has 7 atom stereocenters. The van der Waals surface area contributed by atoms with Crippen molar-refractivity contribution < 1.29 is 34.5 Å². The number of amides is 1. The van der Waals surface area contributed by atoms with Gasteiger partial charge >= 0.3 is 0 Å².